The van der Waals surface area contributed by atoms with Crippen LogP contribution in [-0.2, 0) is 17.3 Å². The Morgan fingerprint density at radius 1 is 1.32 bits per heavy atom. The molecule has 1 aliphatic rings. The first-order valence-corrected chi connectivity index (χ1v) is 9.18. The maximum atomic E-state index is 13.6. The molecule has 8 heteroatoms. The Bertz CT molecular complexity index is 754. The molecule has 1 heterocycles. The molecule has 156 valence electrons. The van der Waals surface area contributed by atoms with Crippen LogP contribution >= 0.6 is 0 Å². The van der Waals surface area contributed by atoms with Gasteiger partial charge in [0.2, 0.25) is 0 Å². The molecule has 2 rings (SSSR count). The highest BCUT2D eigenvalue weighted by Gasteiger charge is 2.48. The summed E-state index contributed by atoms with van der Waals surface area (Å²) in [6.45, 7) is 7.61. The zero-order valence-electron chi connectivity index (χ0n) is 16.9. The molecule has 1 aromatic carbocycles. The van der Waals surface area contributed by atoms with Gasteiger partial charge in [-0.05, 0) is 58.4 Å². The average molecular weight is 399 g/mol. The van der Waals surface area contributed by atoms with Crippen LogP contribution in [0.4, 0.5) is 23.7 Å². The van der Waals surface area contributed by atoms with Crippen molar-refractivity contribution < 1.29 is 22.7 Å². The molecule has 1 aromatic rings. The number of alkyl halides is 3. The van der Waals surface area contributed by atoms with Crippen LogP contribution in [-0.4, -0.2) is 42.8 Å². The molecular formula is C20H28F3N3O2. The molecule has 1 fully saturated rings. The number of ether oxygens (including phenoxy) is 1. The van der Waals surface area contributed by atoms with Crippen molar-refractivity contribution >= 4 is 11.8 Å². The zero-order valence-corrected chi connectivity index (χ0v) is 16.9. The number of allylic oxidation sites excluding steroid dienone is 1. The fourth-order valence-electron chi connectivity index (χ4n) is 3.13. The van der Waals surface area contributed by atoms with E-state index in [0.29, 0.717) is 12.0 Å². The average Bonchev–Trinajstić information content (AvgIpc) is 3.25. The van der Waals surface area contributed by atoms with Crippen molar-refractivity contribution in [2.45, 2.75) is 51.9 Å². The molecule has 0 radical (unpaired) electrons. The zero-order chi connectivity index (χ0) is 21.3. The summed E-state index contributed by atoms with van der Waals surface area (Å²) < 4.78 is 46.1. The predicted molar refractivity (Wildman–Crippen MR) is 103 cm³/mol. The summed E-state index contributed by atoms with van der Waals surface area (Å²) in [5.41, 5.74) is 5.48. The van der Waals surface area contributed by atoms with Crippen molar-refractivity contribution in [2.75, 3.05) is 25.0 Å². The number of benzene rings is 1. The number of carbonyl (C=O) groups excluding carboxylic acids is 1. The Kier molecular flexibility index (Phi) is 6.33. The van der Waals surface area contributed by atoms with E-state index in [2.05, 4.69) is 0 Å². The van der Waals surface area contributed by atoms with Gasteiger partial charge in [-0.2, -0.15) is 13.2 Å². The van der Waals surface area contributed by atoms with Crippen LogP contribution in [0.15, 0.2) is 30.0 Å². The minimum Gasteiger partial charge on any atom is -0.443 e. The lowest BCUT2D eigenvalue weighted by atomic mass is 10.0. The number of halogens is 3. The minimum atomic E-state index is -4.48. The minimum absolute atomic E-state index is 0.0692. The summed E-state index contributed by atoms with van der Waals surface area (Å²) in [4.78, 5) is 15.3. The molecule has 1 aliphatic heterocycles. The molecule has 1 amide bonds. The Hall–Kier alpha value is -2.22. The van der Waals surface area contributed by atoms with E-state index in [1.165, 1.54) is 15.9 Å². The number of hydrogen-bond donors (Lipinski definition) is 1. The predicted octanol–water partition coefficient (Wildman–Crippen LogP) is 4.17. The van der Waals surface area contributed by atoms with E-state index in [-0.39, 0.29) is 24.8 Å². The lowest BCUT2D eigenvalue weighted by molar-refractivity contribution is -0.137. The summed E-state index contributed by atoms with van der Waals surface area (Å²) in [5.74, 6) is 0. The van der Waals surface area contributed by atoms with Gasteiger partial charge in [0.25, 0.3) is 0 Å². The highest BCUT2D eigenvalue weighted by atomic mass is 19.4. The van der Waals surface area contributed by atoms with Crippen LogP contribution in [0.1, 0.15) is 38.8 Å². The van der Waals surface area contributed by atoms with Crippen LogP contribution in [0.3, 0.4) is 0 Å². The number of carbonyl (C=O) groups is 1. The third kappa shape index (κ3) is 5.19. The number of rotatable bonds is 5. The summed E-state index contributed by atoms with van der Waals surface area (Å²) in [6, 6.07) is 3.95. The van der Waals surface area contributed by atoms with Crippen LogP contribution in [0.25, 0.3) is 0 Å². The molecule has 1 atom stereocenters. The molecular weight excluding hydrogens is 371 g/mol. The van der Waals surface area contributed by atoms with Crippen molar-refractivity contribution in [2.24, 2.45) is 5.73 Å². The van der Waals surface area contributed by atoms with E-state index in [1.807, 2.05) is 0 Å². The van der Waals surface area contributed by atoms with Gasteiger partial charge in [0.1, 0.15) is 5.60 Å². The second kappa shape index (κ2) is 8.03. The molecule has 1 unspecified atom stereocenters. The first kappa shape index (κ1) is 22.1. The number of hydrogen-bond acceptors (Lipinski definition) is 4. The van der Waals surface area contributed by atoms with E-state index < -0.39 is 23.4 Å². The van der Waals surface area contributed by atoms with E-state index in [9.17, 15) is 18.0 Å². The third-order valence-corrected chi connectivity index (χ3v) is 4.41. The van der Waals surface area contributed by atoms with Crippen molar-refractivity contribution in [1.82, 2.24) is 4.90 Å². The highest BCUT2D eigenvalue weighted by Crippen LogP contribution is 2.40. The topological polar surface area (TPSA) is 58.6 Å². The van der Waals surface area contributed by atoms with Crippen LogP contribution in [0.2, 0.25) is 0 Å². The van der Waals surface area contributed by atoms with Gasteiger partial charge in [-0.15, -0.1) is 0 Å². The van der Waals surface area contributed by atoms with E-state index in [1.54, 1.807) is 46.9 Å². The highest BCUT2D eigenvalue weighted by molar-refractivity contribution is 5.77. The fourth-order valence-corrected chi connectivity index (χ4v) is 3.13. The second-order valence-corrected chi connectivity index (χ2v) is 7.85. The Morgan fingerprint density at radius 3 is 2.46 bits per heavy atom. The fraction of sp³-hybridized carbons (Fsp3) is 0.550. The summed E-state index contributed by atoms with van der Waals surface area (Å²) in [5, 5.41) is 0. The van der Waals surface area contributed by atoms with Gasteiger partial charge in [-0.25, -0.2) is 4.79 Å². The summed E-state index contributed by atoms with van der Waals surface area (Å²) >= 11 is 0. The van der Waals surface area contributed by atoms with E-state index >= 15 is 0 Å². The van der Waals surface area contributed by atoms with E-state index in [4.69, 9.17) is 10.5 Å². The molecule has 0 aromatic heterocycles. The van der Waals surface area contributed by atoms with E-state index in [0.717, 1.165) is 11.8 Å². The monoisotopic (exact) mass is 399 g/mol. The van der Waals surface area contributed by atoms with Gasteiger partial charge in [0.15, 0.2) is 0 Å². The Labute approximate surface area is 163 Å². The lowest BCUT2D eigenvalue weighted by Gasteiger charge is -2.24. The van der Waals surface area contributed by atoms with Crippen LogP contribution < -0.4 is 10.6 Å². The number of nitrogens with two attached hydrogens (primary N) is 1. The Balaban J connectivity index is 2.21. The number of nitrogens with zero attached hydrogens (tertiary/aromatic N) is 2. The molecule has 5 nitrogen and oxygen atoms in total. The maximum absolute atomic E-state index is 13.6. The number of likely N-dealkylation sites (N-methyl/N-ethyl adjacent to an activating group) is 1. The molecule has 0 spiro atoms. The summed E-state index contributed by atoms with van der Waals surface area (Å²) in [7, 11) is 1.59. The van der Waals surface area contributed by atoms with Gasteiger partial charge in [0, 0.05) is 25.0 Å². The quantitative estimate of drug-likeness (QED) is 0.755. The number of amides is 1. The normalized spacial score (nSPS) is 18.4. The largest absolute Gasteiger partial charge is 0.443 e. The van der Waals surface area contributed by atoms with Gasteiger partial charge < -0.3 is 15.4 Å². The molecule has 28 heavy (non-hydrogen) atoms. The van der Waals surface area contributed by atoms with Gasteiger partial charge in [0.05, 0.1) is 11.6 Å². The van der Waals surface area contributed by atoms with Crippen molar-refractivity contribution in [1.29, 1.82) is 0 Å². The van der Waals surface area contributed by atoms with Crippen LogP contribution in [0.5, 0.6) is 0 Å². The van der Waals surface area contributed by atoms with Crippen molar-refractivity contribution in [3.63, 3.8) is 0 Å². The SMILES string of the molecule is C/C=C1\C(CN(C)c2ccc(CCN)cc2C(F)(F)F)N1C(=O)OC(C)(C)C. The van der Waals surface area contributed by atoms with Crippen LogP contribution in [0, 0.1) is 0 Å². The van der Waals surface area contributed by atoms with Gasteiger partial charge in [-0.1, -0.05) is 12.1 Å². The Morgan fingerprint density at radius 2 is 1.96 bits per heavy atom. The molecule has 0 bridgehead atoms. The van der Waals surface area contributed by atoms with Crippen molar-refractivity contribution in [3.8, 4) is 0 Å². The number of anilines is 1. The smallest absolute Gasteiger partial charge is 0.418 e. The first-order chi connectivity index (χ1) is 12.9. The molecule has 1 saturated heterocycles. The van der Waals surface area contributed by atoms with Gasteiger partial charge >= 0.3 is 12.3 Å². The lowest BCUT2D eigenvalue weighted by Crippen LogP contribution is -2.31. The third-order valence-electron chi connectivity index (χ3n) is 4.41. The molecule has 0 aliphatic carbocycles. The second-order valence-electron chi connectivity index (χ2n) is 7.85. The van der Waals surface area contributed by atoms with Gasteiger partial charge in [-0.3, -0.25) is 4.90 Å². The molecule has 0 saturated carbocycles. The summed E-state index contributed by atoms with van der Waals surface area (Å²) in [6.07, 6.45) is -2.82. The van der Waals surface area contributed by atoms with Crippen molar-refractivity contribution in [3.05, 3.63) is 41.1 Å². The standard InChI is InChI=1S/C20H28F3N3O2/c1-6-15-17(26(15)18(27)28-19(2,3)4)12-25(5)16-8-7-13(9-10-24)11-14(16)20(21,22)23/h6-8,11,17H,9-10,12,24H2,1-5H3/b15-6+. The first-order valence-electron chi connectivity index (χ1n) is 9.18. The molecule has 2 N–H and O–H groups in total. The maximum Gasteiger partial charge on any atom is 0.418 e.